The molecular formula is C10H9BrN2O. The van der Waals surface area contributed by atoms with Crippen LogP contribution in [0.3, 0.4) is 0 Å². The van der Waals surface area contributed by atoms with Gasteiger partial charge in [-0.15, -0.1) is 0 Å². The van der Waals surface area contributed by atoms with Crippen LogP contribution in [-0.2, 0) is 4.74 Å². The zero-order chi connectivity index (χ0) is 9.54. The summed E-state index contributed by atoms with van der Waals surface area (Å²) >= 11 is 3.41. The summed E-state index contributed by atoms with van der Waals surface area (Å²) in [6, 6.07) is 4.64. The molecule has 0 spiro atoms. The molecule has 72 valence electrons. The summed E-state index contributed by atoms with van der Waals surface area (Å²) in [6.45, 7) is 1.61. The molecule has 2 aromatic heterocycles. The molecule has 0 atom stereocenters. The van der Waals surface area contributed by atoms with Crippen molar-refractivity contribution in [3.05, 3.63) is 29.0 Å². The molecule has 0 saturated carbocycles. The quantitative estimate of drug-likeness (QED) is 0.780. The molecule has 0 aliphatic carbocycles. The molecule has 0 amide bonds. The largest absolute Gasteiger partial charge is 0.377 e. The second kappa shape index (κ2) is 3.07. The van der Waals surface area contributed by atoms with Gasteiger partial charge in [0, 0.05) is 22.3 Å². The van der Waals surface area contributed by atoms with Crippen molar-refractivity contribution in [2.75, 3.05) is 13.2 Å². The van der Waals surface area contributed by atoms with Crippen LogP contribution in [0.5, 0.6) is 0 Å². The number of aromatic nitrogens is 2. The summed E-state index contributed by atoms with van der Waals surface area (Å²) in [4.78, 5) is 4.40. The highest BCUT2D eigenvalue weighted by atomic mass is 79.9. The van der Waals surface area contributed by atoms with Crippen molar-refractivity contribution in [2.24, 2.45) is 0 Å². The number of halogens is 1. The third-order valence-electron chi connectivity index (χ3n) is 2.53. The van der Waals surface area contributed by atoms with Gasteiger partial charge in [-0.25, -0.2) is 4.98 Å². The third kappa shape index (κ3) is 1.18. The first-order chi connectivity index (χ1) is 6.84. The van der Waals surface area contributed by atoms with Crippen LogP contribution in [0.2, 0.25) is 0 Å². The second-order valence-corrected chi connectivity index (χ2v) is 4.40. The molecule has 1 aliphatic rings. The molecule has 1 saturated heterocycles. The predicted octanol–water partition coefficient (Wildman–Crippen LogP) is 2.37. The van der Waals surface area contributed by atoms with E-state index in [1.165, 1.54) is 5.39 Å². The van der Waals surface area contributed by atoms with E-state index in [-0.39, 0.29) is 0 Å². The van der Waals surface area contributed by atoms with E-state index >= 15 is 0 Å². The van der Waals surface area contributed by atoms with E-state index in [0.29, 0.717) is 6.04 Å². The molecular weight excluding hydrogens is 244 g/mol. The van der Waals surface area contributed by atoms with Crippen molar-refractivity contribution in [3.8, 4) is 0 Å². The van der Waals surface area contributed by atoms with Crippen molar-refractivity contribution < 1.29 is 4.74 Å². The molecule has 0 unspecified atom stereocenters. The monoisotopic (exact) mass is 252 g/mol. The zero-order valence-corrected chi connectivity index (χ0v) is 9.07. The minimum absolute atomic E-state index is 0.473. The first-order valence-corrected chi connectivity index (χ1v) is 5.34. The van der Waals surface area contributed by atoms with Crippen LogP contribution < -0.4 is 0 Å². The van der Waals surface area contributed by atoms with E-state index in [9.17, 15) is 0 Å². The molecule has 3 rings (SSSR count). The minimum atomic E-state index is 0.473. The Labute approximate surface area is 89.8 Å². The van der Waals surface area contributed by atoms with Crippen LogP contribution in [0.25, 0.3) is 11.0 Å². The molecule has 0 radical (unpaired) electrons. The Bertz CT molecular complexity index is 476. The molecule has 3 nitrogen and oxygen atoms in total. The van der Waals surface area contributed by atoms with Crippen LogP contribution in [0.4, 0.5) is 0 Å². The third-order valence-corrected chi connectivity index (χ3v) is 2.97. The lowest BCUT2D eigenvalue weighted by Crippen LogP contribution is -2.30. The summed E-state index contributed by atoms with van der Waals surface area (Å²) in [5.74, 6) is 0. The molecule has 2 aromatic rings. The number of hydrogen-bond donors (Lipinski definition) is 0. The Morgan fingerprint density at radius 3 is 3.07 bits per heavy atom. The second-order valence-electron chi connectivity index (χ2n) is 3.48. The van der Waals surface area contributed by atoms with Crippen LogP contribution in [0.1, 0.15) is 6.04 Å². The fraction of sp³-hybridized carbons (Fsp3) is 0.300. The Hall–Kier alpha value is -0.870. The summed E-state index contributed by atoms with van der Waals surface area (Å²) < 4.78 is 8.38. The molecule has 1 fully saturated rings. The van der Waals surface area contributed by atoms with E-state index < -0.39 is 0 Å². The van der Waals surface area contributed by atoms with Gasteiger partial charge in [0.05, 0.1) is 19.3 Å². The van der Waals surface area contributed by atoms with Crippen LogP contribution >= 0.6 is 15.9 Å². The average Bonchev–Trinajstić information content (AvgIpc) is 2.45. The molecule has 3 heterocycles. The van der Waals surface area contributed by atoms with E-state index in [0.717, 1.165) is 23.3 Å². The van der Waals surface area contributed by atoms with Crippen molar-refractivity contribution in [1.29, 1.82) is 0 Å². The Kier molecular flexibility index (Phi) is 1.85. The van der Waals surface area contributed by atoms with Gasteiger partial charge in [-0.05, 0) is 28.1 Å². The first-order valence-electron chi connectivity index (χ1n) is 4.54. The van der Waals surface area contributed by atoms with Gasteiger partial charge in [0.25, 0.3) is 0 Å². The van der Waals surface area contributed by atoms with E-state index in [1.54, 1.807) is 0 Å². The first kappa shape index (κ1) is 8.44. The minimum Gasteiger partial charge on any atom is -0.377 e. The van der Waals surface area contributed by atoms with Crippen molar-refractivity contribution >= 4 is 27.0 Å². The maximum atomic E-state index is 5.17. The van der Waals surface area contributed by atoms with Gasteiger partial charge >= 0.3 is 0 Å². The fourth-order valence-electron chi connectivity index (χ4n) is 1.70. The van der Waals surface area contributed by atoms with E-state index in [2.05, 4.69) is 43.8 Å². The summed E-state index contributed by atoms with van der Waals surface area (Å²) in [5.41, 5.74) is 1.04. The smallest absolute Gasteiger partial charge is 0.140 e. The number of ether oxygens (including phenoxy) is 1. The molecule has 1 aliphatic heterocycles. The van der Waals surface area contributed by atoms with Crippen molar-refractivity contribution in [3.63, 3.8) is 0 Å². The standard InChI is InChI=1S/C10H9BrN2O/c11-8-3-7-1-2-13(9-5-14-6-9)10(7)12-4-8/h1-4,9H,5-6H2. The average molecular weight is 253 g/mol. The maximum Gasteiger partial charge on any atom is 0.140 e. The highest BCUT2D eigenvalue weighted by Gasteiger charge is 2.21. The molecule has 0 aromatic carbocycles. The van der Waals surface area contributed by atoms with Crippen LogP contribution in [-0.4, -0.2) is 22.8 Å². The zero-order valence-electron chi connectivity index (χ0n) is 7.48. The van der Waals surface area contributed by atoms with Gasteiger partial charge in [-0.2, -0.15) is 0 Å². The molecule has 4 heteroatoms. The van der Waals surface area contributed by atoms with Gasteiger partial charge in [0.1, 0.15) is 5.65 Å². The van der Waals surface area contributed by atoms with E-state index in [1.807, 2.05) is 6.20 Å². The number of hydrogen-bond acceptors (Lipinski definition) is 2. The van der Waals surface area contributed by atoms with Gasteiger partial charge in [-0.3, -0.25) is 0 Å². The summed E-state index contributed by atoms with van der Waals surface area (Å²) in [5, 5.41) is 1.17. The van der Waals surface area contributed by atoms with Gasteiger partial charge in [0.2, 0.25) is 0 Å². The Morgan fingerprint density at radius 1 is 1.50 bits per heavy atom. The highest BCUT2D eigenvalue weighted by molar-refractivity contribution is 9.10. The molecule has 0 N–H and O–H groups in total. The highest BCUT2D eigenvalue weighted by Crippen LogP contribution is 2.24. The number of nitrogens with zero attached hydrogens (tertiary/aromatic N) is 2. The van der Waals surface area contributed by atoms with Crippen LogP contribution in [0.15, 0.2) is 29.0 Å². The topological polar surface area (TPSA) is 27.1 Å². The number of pyridine rings is 1. The summed E-state index contributed by atoms with van der Waals surface area (Å²) in [7, 11) is 0. The van der Waals surface area contributed by atoms with Crippen molar-refractivity contribution in [2.45, 2.75) is 6.04 Å². The number of rotatable bonds is 1. The normalized spacial score (nSPS) is 17.2. The van der Waals surface area contributed by atoms with Gasteiger partial charge in [-0.1, -0.05) is 0 Å². The molecule has 14 heavy (non-hydrogen) atoms. The lowest BCUT2D eigenvalue weighted by molar-refractivity contribution is -0.0216. The molecule has 0 bridgehead atoms. The van der Waals surface area contributed by atoms with Gasteiger partial charge < -0.3 is 9.30 Å². The Balaban J connectivity index is 2.16. The van der Waals surface area contributed by atoms with Crippen LogP contribution in [0, 0.1) is 0 Å². The van der Waals surface area contributed by atoms with Crippen molar-refractivity contribution in [1.82, 2.24) is 9.55 Å². The summed E-state index contributed by atoms with van der Waals surface area (Å²) in [6.07, 6.45) is 3.91. The maximum absolute atomic E-state index is 5.17. The number of fused-ring (bicyclic) bond motifs is 1. The van der Waals surface area contributed by atoms with E-state index in [4.69, 9.17) is 4.74 Å². The predicted molar refractivity (Wildman–Crippen MR) is 57.3 cm³/mol. The Morgan fingerprint density at radius 2 is 2.36 bits per heavy atom. The SMILES string of the molecule is Brc1cnc2c(ccn2C2COC2)c1. The lowest BCUT2D eigenvalue weighted by Gasteiger charge is -2.27. The lowest BCUT2D eigenvalue weighted by atomic mass is 10.2. The fourth-order valence-corrected chi connectivity index (χ4v) is 2.04. The van der Waals surface area contributed by atoms with Gasteiger partial charge in [0.15, 0.2) is 0 Å².